The van der Waals surface area contributed by atoms with Crippen LogP contribution in [-0.2, 0) is 4.79 Å². The van der Waals surface area contributed by atoms with Crippen molar-refractivity contribution in [3.05, 3.63) is 11.6 Å². The Bertz CT molecular complexity index is 889. The number of Topliss-reactive ketones (excluding diaryl/α,β-unsaturated/α-hetero) is 1. The van der Waals surface area contributed by atoms with E-state index in [4.69, 9.17) is 0 Å². The molecule has 3 heteroatoms. The number of fused-ring (bicyclic) bond motifs is 7. The summed E-state index contributed by atoms with van der Waals surface area (Å²) in [5, 5.41) is 23.4. The van der Waals surface area contributed by atoms with E-state index in [2.05, 4.69) is 61.5 Å². The highest BCUT2D eigenvalue weighted by molar-refractivity contribution is 5.86. The van der Waals surface area contributed by atoms with Crippen molar-refractivity contribution in [1.29, 1.82) is 0 Å². The molecule has 33 heavy (non-hydrogen) atoms. The summed E-state index contributed by atoms with van der Waals surface area (Å²) in [6.07, 6.45) is 8.29. The topological polar surface area (TPSA) is 57.5 Å². The Kier molecular flexibility index (Phi) is 5.07. The molecule has 0 amide bonds. The third-order valence-electron chi connectivity index (χ3n) is 13.2. The Morgan fingerprint density at radius 1 is 0.909 bits per heavy atom. The number of aliphatic hydroxyl groups is 2. The maximum Gasteiger partial charge on any atom is 0.141 e. The lowest BCUT2D eigenvalue weighted by molar-refractivity contribution is -0.236. The molecule has 11 atom stereocenters. The number of hydrogen-bond acceptors (Lipinski definition) is 3. The van der Waals surface area contributed by atoms with E-state index in [0.717, 1.165) is 12.8 Å². The molecule has 0 saturated heterocycles. The molecule has 0 aliphatic heterocycles. The van der Waals surface area contributed by atoms with Crippen molar-refractivity contribution in [2.45, 2.75) is 113 Å². The largest absolute Gasteiger partial charge is 0.392 e. The molecule has 0 aromatic rings. The van der Waals surface area contributed by atoms with Crippen LogP contribution in [0, 0.1) is 56.7 Å². The first kappa shape index (κ1) is 24.0. The molecule has 2 N–H and O–H groups in total. The molecule has 0 heterocycles. The Hall–Kier alpha value is -0.670. The van der Waals surface area contributed by atoms with Gasteiger partial charge in [0.15, 0.2) is 0 Å². The van der Waals surface area contributed by atoms with Crippen LogP contribution in [-0.4, -0.2) is 28.2 Å². The fourth-order valence-electron chi connectivity index (χ4n) is 10.7. The lowest BCUT2D eigenvalue weighted by Crippen LogP contribution is -2.70. The molecule has 4 saturated carbocycles. The molecular formula is C30H48O3. The lowest BCUT2D eigenvalue weighted by atomic mass is 9.32. The minimum atomic E-state index is -0.677. The minimum absolute atomic E-state index is 0.0273. The molecular weight excluding hydrogens is 408 g/mol. The number of hydrogen-bond donors (Lipinski definition) is 2. The van der Waals surface area contributed by atoms with Crippen LogP contribution in [0.2, 0.25) is 0 Å². The van der Waals surface area contributed by atoms with Gasteiger partial charge in [0.1, 0.15) is 5.78 Å². The van der Waals surface area contributed by atoms with Crippen LogP contribution >= 0.6 is 0 Å². The Balaban J connectivity index is 1.67. The molecule has 3 nitrogen and oxygen atoms in total. The van der Waals surface area contributed by atoms with Crippen molar-refractivity contribution in [1.82, 2.24) is 0 Å². The number of aliphatic hydroxyl groups excluding tert-OH is 2. The van der Waals surface area contributed by atoms with Gasteiger partial charge in [-0.2, -0.15) is 0 Å². The van der Waals surface area contributed by atoms with Gasteiger partial charge >= 0.3 is 0 Å². The molecule has 0 aromatic heterocycles. The van der Waals surface area contributed by atoms with Gasteiger partial charge in [-0.05, 0) is 78.4 Å². The van der Waals surface area contributed by atoms with Gasteiger partial charge < -0.3 is 10.2 Å². The highest BCUT2D eigenvalue weighted by Crippen LogP contribution is 2.75. The van der Waals surface area contributed by atoms with Gasteiger partial charge in [-0.15, -0.1) is 0 Å². The molecule has 11 unspecified atom stereocenters. The van der Waals surface area contributed by atoms with Crippen molar-refractivity contribution >= 4 is 5.78 Å². The van der Waals surface area contributed by atoms with Crippen molar-refractivity contribution in [2.75, 3.05) is 0 Å². The minimum Gasteiger partial charge on any atom is -0.392 e. The molecule has 0 aromatic carbocycles. The van der Waals surface area contributed by atoms with Gasteiger partial charge in [0.2, 0.25) is 0 Å². The molecule has 5 rings (SSSR count). The van der Waals surface area contributed by atoms with Crippen LogP contribution in [0.1, 0.15) is 100 Å². The zero-order valence-corrected chi connectivity index (χ0v) is 22.4. The predicted molar refractivity (Wildman–Crippen MR) is 132 cm³/mol. The first-order valence-electron chi connectivity index (χ1n) is 13.8. The number of allylic oxidation sites excluding steroid dienone is 1. The molecule has 0 spiro atoms. The zero-order chi connectivity index (χ0) is 24.4. The van der Waals surface area contributed by atoms with E-state index in [0.29, 0.717) is 23.2 Å². The number of ketones is 1. The van der Waals surface area contributed by atoms with Crippen LogP contribution in [0.4, 0.5) is 0 Å². The van der Waals surface area contributed by atoms with Crippen LogP contribution in [0.15, 0.2) is 11.6 Å². The fourth-order valence-corrected chi connectivity index (χ4v) is 10.7. The Morgan fingerprint density at radius 2 is 1.58 bits per heavy atom. The summed E-state index contributed by atoms with van der Waals surface area (Å²) in [5.74, 6) is 2.15. The van der Waals surface area contributed by atoms with Crippen molar-refractivity contribution in [2.24, 2.45) is 56.7 Å². The van der Waals surface area contributed by atoms with Crippen molar-refractivity contribution < 1.29 is 15.0 Å². The van der Waals surface area contributed by atoms with Gasteiger partial charge in [-0.3, -0.25) is 4.79 Å². The molecule has 0 bridgehead atoms. The van der Waals surface area contributed by atoms with Crippen molar-refractivity contribution in [3.63, 3.8) is 0 Å². The second-order valence-electron chi connectivity index (χ2n) is 14.7. The Labute approximate surface area is 201 Å². The molecule has 5 aliphatic rings. The van der Waals surface area contributed by atoms with Gasteiger partial charge in [0.05, 0.1) is 12.2 Å². The summed E-state index contributed by atoms with van der Waals surface area (Å²) in [7, 11) is 0. The van der Waals surface area contributed by atoms with Crippen LogP contribution in [0.5, 0.6) is 0 Å². The monoisotopic (exact) mass is 456 g/mol. The molecule has 4 fully saturated rings. The summed E-state index contributed by atoms with van der Waals surface area (Å²) >= 11 is 0. The third-order valence-corrected chi connectivity index (χ3v) is 13.2. The number of carbonyl (C=O) groups excluding carboxylic acids is 1. The smallest absolute Gasteiger partial charge is 0.141 e. The Morgan fingerprint density at radius 3 is 2.24 bits per heavy atom. The van der Waals surface area contributed by atoms with E-state index in [1.165, 1.54) is 31.3 Å². The number of rotatable bonds is 0. The lowest BCUT2D eigenvalue weighted by Gasteiger charge is -2.72. The standard InChI is InChI=1S/C30H48O3/c1-17-9-11-27(5)13-14-28(6)19(24(27)18(17)2)15-20(31)25-29(28,7)12-10-21-26(3,4)22(32)16-23(33)30(21,25)8/h15,17-18,20-21,23-25,31,33H,9-14,16H2,1-8H3. The summed E-state index contributed by atoms with van der Waals surface area (Å²) < 4.78 is 0. The summed E-state index contributed by atoms with van der Waals surface area (Å²) in [6, 6.07) is 0. The fraction of sp³-hybridized carbons (Fsp3) is 0.900. The molecule has 186 valence electrons. The van der Waals surface area contributed by atoms with Crippen LogP contribution in [0.3, 0.4) is 0 Å². The van der Waals surface area contributed by atoms with Crippen LogP contribution < -0.4 is 0 Å². The predicted octanol–water partition coefficient (Wildman–Crippen LogP) is 6.17. The van der Waals surface area contributed by atoms with E-state index in [9.17, 15) is 15.0 Å². The van der Waals surface area contributed by atoms with Gasteiger partial charge in [-0.25, -0.2) is 0 Å². The first-order chi connectivity index (χ1) is 15.1. The summed E-state index contributed by atoms with van der Waals surface area (Å²) in [5.41, 5.74) is 0.913. The first-order valence-corrected chi connectivity index (χ1v) is 13.8. The van der Waals surface area contributed by atoms with E-state index < -0.39 is 23.0 Å². The second-order valence-corrected chi connectivity index (χ2v) is 14.7. The normalized spacial score (nSPS) is 57.8. The van der Waals surface area contributed by atoms with Crippen molar-refractivity contribution in [3.8, 4) is 0 Å². The summed E-state index contributed by atoms with van der Waals surface area (Å²) in [4.78, 5) is 13.0. The maximum absolute atomic E-state index is 13.0. The van der Waals surface area contributed by atoms with Gasteiger partial charge in [0.25, 0.3) is 0 Å². The quantitative estimate of drug-likeness (QED) is 0.428. The van der Waals surface area contributed by atoms with Crippen LogP contribution in [0.25, 0.3) is 0 Å². The SMILES string of the molecule is CC1CCC2(C)CCC3(C)C(=CC(O)C4C5(C)C(O)CC(=O)C(C)(C)C5CCC43C)C2C1C. The average Bonchev–Trinajstić information content (AvgIpc) is 2.71. The summed E-state index contributed by atoms with van der Waals surface area (Å²) in [6.45, 7) is 18.7. The highest BCUT2D eigenvalue weighted by atomic mass is 16.3. The molecule has 0 radical (unpaired) electrons. The number of carbonyl (C=O) groups is 1. The third kappa shape index (κ3) is 2.73. The second kappa shape index (κ2) is 6.96. The van der Waals surface area contributed by atoms with E-state index in [1.54, 1.807) is 0 Å². The van der Waals surface area contributed by atoms with E-state index in [-0.39, 0.29) is 34.9 Å². The average molecular weight is 457 g/mol. The van der Waals surface area contributed by atoms with E-state index in [1.807, 2.05) is 0 Å². The highest BCUT2D eigenvalue weighted by Gasteiger charge is 2.71. The maximum atomic E-state index is 13.0. The van der Waals surface area contributed by atoms with Gasteiger partial charge in [-0.1, -0.05) is 67.0 Å². The zero-order valence-electron chi connectivity index (χ0n) is 22.4. The van der Waals surface area contributed by atoms with E-state index >= 15 is 0 Å². The van der Waals surface area contributed by atoms with Gasteiger partial charge in [0, 0.05) is 23.2 Å². The molecule has 5 aliphatic carbocycles.